The maximum Gasteiger partial charge on any atom is 0.221 e. The third-order valence-corrected chi connectivity index (χ3v) is 1.92. The van der Waals surface area contributed by atoms with E-state index in [-0.39, 0.29) is 10.5 Å². The van der Waals surface area contributed by atoms with E-state index in [9.17, 15) is 9.59 Å². The van der Waals surface area contributed by atoms with E-state index in [1.54, 1.807) is 0 Å². The second-order valence-corrected chi connectivity index (χ2v) is 4.30. The molecule has 0 atom stereocenters. The molecule has 0 amide bonds. The fourth-order valence-electron chi connectivity index (χ4n) is 1.04. The second kappa shape index (κ2) is 13.9. The summed E-state index contributed by atoms with van der Waals surface area (Å²) in [5, 5.41) is -0.555. The predicted octanol–water partition coefficient (Wildman–Crippen LogP) is 4.27. The van der Waals surface area contributed by atoms with Crippen LogP contribution < -0.4 is 0 Å². The normalized spacial score (nSPS) is 9.07. The Morgan fingerprint density at radius 2 is 1.33 bits per heavy atom. The van der Waals surface area contributed by atoms with Crippen LogP contribution in [0, 0.1) is 0 Å². The van der Waals surface area contributed by atoms with Crippen molar-refractivity contribution in [2.45, 2.75) is 58.8 Å². The van der Waals surface area contributed by atoms with E-state index in [1.807, 2.05) is 0 Å². The average molecular weight is 255 g/mol. The van der Waals surface area contributed by atoms with Gasteiger partial charge in [-0.1, -0.05) is 39.0 Å². The highest BCUT2D eigenvalue weighted by molar-refractivity contribution is 6.63. The predicted molar refractivity (Wildman–Crippen MR) is 65.4 cm³/mol. The lowest BCUT2D eigenvalue weighted by Crippen LogP contribution is -1.85. The first-order valence-corrected chi connectivity index (χ1v) is 6.10. The third kappa shape index (κ3) is 31.5. The van der Waals surface area contributed by atoms with Crippen LogP contribution in [0.4, 0.5) is 0 Å². The Kier molecular flexibility index (Phi) is 16.1. The topological polar surface area (TPSA) is 34.1 Å². The van der Waals surface area contributed by atoms with Gasteiger partial charge < -0.3 is 0 Å². The first kappa shape index (κ1) is 17.3. The van der Waals surface area contributed by atoms with Crippen molar-refractivity contribution >= 4 is 33.7 Å². The van der Waals surface area contributed by atoms with Gasteiger partial charge in [-0.3, -0.25) is 9.59 Å². The summed E-state index contributed by atoms with van der Waals surface area (Å²) in [4.78, 5) is 19.5. The van der Waals surface area contributed by atoms with Gasteiger partial charge in [0.25, 0.3) is 0 Å². The molecule has 2 nitrogen and oxygen atoms in total. The van der Waals surface area contributed by atoms with Crippen LogP contribution in [0.2, 0.25) is 0 Å². The van der Waals surface area contributed by atoms with Crippen molar-refractivity contribution in [3.63, 3.8) is 0 Å². The van der Waals surface area contributed by atoms with E-state index in [2.05, 4.69) is 18.5 Å². The molecule has 0 spiro atoms. The number of rotatable bonds is 7. The quantitative estimate of drug-likeness (QED) is 0.502. The molecule has 0 fully saturated rings. The molecule has 0 bridgehead atoms. The lowest BCUT2D eigenvalue weighted by atomic mass is 10.1. The van der Waals surface area contributed by atoms with Crippen molar-refractivity contribution in [1.29, 1.82) is 0 Å². The minimum Gasteiger partial charge on any atom is -0.282 e. The van der Waals surface area contributed by atoms with Crippen molar-refractivity contribution in [3.8, 4) is 0 Å². The largest absolute Gasteiger partial charge is 0.282 e. The Morgan fingerprint density at radius 1 is 0.933 bits per heavy atom. The van der Waals surface area contributed by atoms with Gasteiger partial charge >= 0.3 is 0 Å². The number of hydrogen-bond donors (Lipinski definition) is 0. The zero-order valence-electron chi connectivity index (χ0n) is 9.52. The van der Waals surface area contributed by atoms with Gasteiger partial charge in [0, 0.05) is 13.3 Å². The van der Waals surface area contributed by atoms with Gasteiger partial charge in [0.05, 0.1) is 0 Å². The van der Waals surface area contributed by atoms with Crippen molar-refractivity contribution in [3.05, 3.63) is 0 Å². The van der Waals surface area contributed by atoms with Gasteiger partial charge in [-0.2, -0.15) is 0 Å². The summed E-state index contributed by atoms with van der Waals surface area (Å²) >= 11 is 9.81. The van der Waals surface area contributed by atoms with E-state index in [4.69, 9.17) is 11.6 Å². The molecule has 0 saturated heterocycles. The van der Waals surface area contributed by atoms with Crippen molar-refractivity contribution in [1.82, 2.24) is 0 Å². The van der Waals surface area contributed by atoms with Crippen LogP contribution in [0.15, 0.2) is 0 Å². The van der Waals surface area contributed by atoms with E-state index < -0.39 is 0 Å². The molecule has 0 aliphatic heterocycles. The van der Waals surface area contributed by atoms with Crippen molar-refractivity contribution in [2.75, 3.05) is 0 Å². The molecule has 0 unspecified atom stereocenters. The molecule has 0 aromatic carbocycles. The van der Waals surface area contributed by atoms with Gasteiger partial charge in [-0.15, -0.1) is 0 Å². The van der Waals surface area contributed by atoms with Crippen molar-refractivity contribution < 1.29 is 9.59 Å². The molecule has 0 heterocycles. The lowest BCUT2D eigenvalue weighted by Gasteiger charge is -1.96. The third-order valence-electron chi connectivity index (χ3n) is 1.73. The maximum atomic E-state index is 10.3. The summed E-state index contributed by atoms with van der Waals surface area (Å²) in [6.07, 6.45) is 7.80. The molecule has 90 valence electrons. The van der Waals surface area contributed by atoms with Crippen LogP contribution in [0.5, 0.6) is 0 Å². The van der Waals surface area contributed by atoms with Crippen molar-refractivity contribution in [2.24, 2.45) is 0 Å². The van der Waals surface area contributed by atoms with Crippen LogP contribution in [-0.4, -0.2) is 10.5 Å². The molecule has 15 heavy (non-hydrogen) atoms. The Hall–Kier alpha value is -0.0800. The monoisotopic (exact) mass is 254 g/mol. The molecule has 0 N–H and O–H groups in total. The van der Waals surface area contributed by atoms with E-state index in [1.165, 1.54) is 32.6 Å². The van der Waals surface area contributed by atoms with Gasteiger partial charge in [0.15, 0.2) is 0 Å². The highest BCUT2D eigenvalue weighted by Gasteiger charge is 1.94. The summed E-state index contributed by atoms with van der Waals surface area (Å²) in [5.41, 5.74) is 0. The molecule has 0 saturated carbocycles. The van der Waals surface area contributed by atoms with Gasteiger partial charge in [0.1, 0.15) is 0 Å². The molecule has 0 rings (SSSR count). The summed E-state index contributed by atoms with van der Waals surface area (Å²) in [5.74, 6) is 0. The molecule has 0 aliphatic carbocycles. The molecular weight excluding hydrogens is 235 g/mol. The van der Waals surface area contributed by atoms with Crippen LogP contribution in [0.1, 0.15) is 58.8 Å². The van der Waals surface area contributed by atoms with E-state index in [0.29, 0.717) is 6.42 Å². The number of hydrogen-bond acceptors (Lipinski definition) is 2. The summed E-state index contributed by atoms with van der Waals surface area (Å²) in [7, 11) is 0. The van der Waals surface area contributed by atoms with E-state index >= 15 is 0 Å². The summed E-state index contributed by atoms with van der Waals surface area (Å²) in [6, 6.07) is 0. The fourth-order valence-corrected chi connectivity index (χ4v) is 1.18. The minimum atomic E-state index is -0.361. The van der Waals surface area contributed by atoms with Gasteiger partial charge in [-0.25, -0.2) is 0 Å². The molecule has 0 aliphatic rings. The molecular formula is C11H20Cl2O2. The van der Waals surface area contributed by atoms with Gasteiger partial charge in [0.2, 0.25) is 10.5 Å². The zero-order chi connectivity index (χ0) is 12.1. The van der Waals surface area contributed by atoms with Crippen LogP contribution >= 0.6 is 23.2 Å². The second-order valence-electron chi connectivity index (χ2n) is 3.34. The maximum absolute atomic E-state index is 10.3. The number of carbonyl (C=O) groups is 2. The number of unbranched alkanes of at least 4 members (excludes halogenated alkanes) is 5. The van der Waals surface area contributed by atoms with Gasteiger partial charge in [-0.05, 0) is 29.6 Å². The average Bonchev–Trinajstić information content (AvgIpc) is 2.09. The standard InChI is InChI=1S/C9H17ClO.C2H3ClO/c1-2-3-4-5-6-7-8-9(10)11;1-2(3)4/h2-8H2,1H3;1H3. The first-order valence-electron chi connectivity index (χ1n) is 5.35. The van der Waals surface area contributed by atoms with Crippen LogP contribution in [0.3, 0.4) is 0 Å². The lowest BCUT2D eigenvalue weighted by molar-refractivity contribution is -0.112. The molecule has 0 radical (unpaired) electrons. The summed E-state index contributed by atoms with van der Waals surface area (Å²) < 4.78 is 0. The molecule has 0 aromatic heterocycles. The Balaban J connectivity index is 0. The number of halogens is 2. The minimum absolute atomic E-state index is 0.194. The Bertz CT molecular complexity index is 166. The molecule has 4 heteroatoms. The molecule has 0 aromatic rings. The smallest absolute Gasteiger partial charge is 0.221 e. The summed E-state index contributed by atoms with van der Waals surface area (Å²) in [6.45, 7) is 3.49. The highest BCUT2D eigenvalue weighted by atomic mass is 35.5. The van der Waals surface area contributed by atoms with Crippen LogP contribution in [-0.2, 0) is 9.59 Å². The highest BCUT2D eigenvalue weighted by Crippen LogP contribution is 2.07. The van der Waals surface area contributed by atoms with E-state index in [0.717, 1.165) is 12.8 Å². The Morgan fingerprint density at radius 3 is 1.73 bits per heavy atom. The Labute approximate surface area is 102 Å². The fraction of sp³-hybridized carbons (Fsp3) is 0.818. The SMILES string of the molecule is CC(=O)Cl.CCCCCCCCC(=O)Cl. The number of carbonyl (C=O) groups excluding carboxylic acids is 2. The zero-order valence-corrected chi connectivity index (χ0v) is 11.0. The van der Waals surface area contributed by atoms with Crippen LogP contribution in [0.25, 0.3) is 0 Å². The first-order chi connectivity index (χ1) is 7.00.